The Kier molecular flexibility index (Phi) is 3.51. The number of nitrogen functional groups attached to an aromatic ring is 1. The molecule has 2 N–H and O–H groups in total. The van der Waals surface area contributed by atoms with Gasteiger partial charge in [-0.15, -0.1) is 0 Å². The molecule has 1 heterocycles. The summed E-state index contributed by atoms with van der Waals surface area (Å²) in [5.74, 6) is 0.190. The van der Waals surface area contributed by atoms with Gasteiger partial charge in [0.25, 0.3) is 0 Å². The predicted octanol–water partition coefficient (Wildman–Crippen LogP) is 4.80. The average Bonchev–Trinajstić information content (AvgIpc) is 2.83. The highest BCUT2D eigenvalue weighted by Gasteiger charge is 2.20. The molecule has 3 aromatic rings. The zero-order valence-corrected chi connectivity index (χ0v) is 12.8. The van der Waals surface area contributed by atoms with Crippen LogP contribution in [-0.2, 0) is 0 Å². The molecule has 0 aliphatic carbocycles. The van der Waals surface area contributed by atoms with Crippen LogP contribution in [0.1, 0.15) is 5.56 Å². The second-order valence-corrected chi connectivity index (χ2v) is 5.68. The van der Waals surface area contributed by atoms with Crippen molar-refractivity contribution in [2.75, 3.05) is 5.73 Å². The molecule has 1 aromatic heterocycles. The Morgan fingerprint density at radius 1 is 1.19 bits per heavy atom. The molecule has 0 atom stereocenters. The van der Waals surface area contributed by atoms with Gasteiger partial charge in [0.2, 0.25) is 0 Å². The summed E-state index contributed by atoms with van der Waals surface area (Å²) in [6.45, 7) is 1.98. The predicted molar refractivity (Wildman–Crippen MR) is 84.2 cm³/mol. The fourth-order valence-electron chi connectivity index (χ4n) is 2.24. The first-order valence-electron chi connectivity index (χ1n) is 6.34. The first-order chi connectivity index (χ1) is 10.1. The van der Waals surface area contributed by atoms with Crippen LogP contribution in [0.3, 0.4) is 0 Å². The highest BCUT2D eigenvalue weighted by atomic mass is 79.9. The van der Waals surface area contributed by atoms with Crippen molar-refractivity contribution in [3.63, 3.8) is 0 Å². The molecule has 106 valence electrons. The summed E-state index contributed by atoms with van der Waals surface area (Å²) in [5.41, 5.74) is 8.77. The van der Waals surface area contributed by atoms with E-state index in [4.69, 9.17) is 10.3 Å². The largest absolute Gasteiger partial charge is 0.380 e. The third-order valence-corrected chi connectivity index (χ3v) is 3.69. The lowest BCUT2D eigenvalue weighted by atomic mass is 10.00. The van der Waals surface area contributed by atoms with E-state index < -0.39 is 0 Å². The van der Waals surface area contributed by atoms with E-state index in [2.05, 4.69) is 21.1 Å². The smallest absolute Gasteiger partial charge is 0.179 e. The Bertz CT molecular complexity index is 814. The molecule has 5 heteroatoms. The monoisotopic (exact) mass is 346 g/mol. The van der Waals surface area contributed by atoms with Crippen LogP contribution in [0.5, 0.6) is 0 Å². The molecule has 3 rings (SSSR count). The van der Waals surface area contributed by atoms with Gasteiger partial charge in [0.1, 0.15) is 5.82 Å². The van der Waals surface area contributed by atoms with Crippen LogP contribution in [0.4, 0.5) is 10.2 Å². The third-order valence-electron chi connectivity index (χ3n) is 3.20. The van der Waals surface area contributed by atoms with E-state index in [0.29, 0.717) is 16.9 Å². The Morgan fingerprint density at radius 3 is 2.76 bits per heavy atom. The maximum Gasteiger partial charge on any atom is 0.179 e. The molecule has 0 amide bonds. The van der Waals surface area contributed by atoms with Gasteiger partial charge in [-0.05, 0) is 30.7 Å². The van der Waals surface area contributed by atoms with Crippen LogP contribution in [0.2, 0.25) is 0 Å². The van der Waals surface area contributed by atoms with Crippen molar-refractivity contribution in [2.24, 2.45) is 0 Å². The molecule has 0 bridgehead atoms. The van der Waals surface area contributed by atoms with Gasteiger partial charge in [-0.3, -0.25) is 0 Å². The van der Waals surface area contributed by atoms with Gasteiger partial charge in [0.15, 0.2) is 11.6 Å². The van der Waals surface area contributed by atoms with E-state index in [1.807, 2.05) is 31.2 Å². The number of nitrogens with zero attached hydrogens (tertiary/aromatic N) is 1. The van der Waals surface area contributed by atoms with Crippen molar-refractivity contribution in [2.45, 2.75) is 6.92 Å². The van der Waals surface area contributed by atoms with E-state index >= 15 is 0 Å². The summed E-state index contributed by atoms with van der Waals surface area (Å²) in [7, 11) is 0. The quantitative estimate of drug-likeness (QED) is 0.724. The molecule has 0 saturated carbocycles. The summed E-state index contributed by atoms with van der Waals surface area (Å²) in [6.07, 6.45) is 0. The first kappa shape index (κ1) is 13.8. The van der Waals surface area contributed by atoms with Crippen LogP contribution in [0.15, 0.2) is 51.5 Å². The molecular formula is C16H12BrFN2O. The minimum Gasteiger partial charge on any atom is -0.380 e. The summed E-state index contributed by atoms with van der Waals surface area (Å²) in [4.78, 5) is 0. The van der Waals surface area contributed by atoms with Crippen molar-refractivity contribution >= 4 is 21.7 Å². The van der Waals surface area contributed by atoms with E-state index in [0.717, 1.165) is 15.6 Å². The molecular weight excluding hydrogens is 335 g/mol. The number of halogens is 2. The Labute approximate surface area is 129 Å². The Hall–Kier alpha value is -2.14. The molecule has 0 spiro atoms. The van der Waals surface area contributed by atoms with Crippen molar-refractivity contribution in [1.82, 2.24) is 5.16 Å². The van der Waals surface area contributed by atoms with Crippen LogP contribution < -0.4 is 5.73 Å². The third kappa shape index (κ3) is 2.56. The molecule has 0 aliphatic heterocycles. The van der Waals surface area contributed by atoms with Crippen molar-refractivity contribution < 1.29 is 8.91 Å². The van der Waals surface area contributed by atoms with Gasteiger partial charge in [0.05, 0.1) is 11.1 Å². The van der Waals surface area contributed by atoms with Crippen LogP contribution in [0.25, 0.3) is 22.5 Å². The SMILES string of the molecule is Cc1cccc(-c2c(N)noc2-c2cc(Br)ccc2F)c1. The van der Waals surface area contributed by atoms with Crippen molar-refractivity contribution in [3.8, 4) is 22.5 Å². The topological polar surface area (TPSA) is 52.0 Å². The Balaban J connectivity index is 2.24. The number of benzene rings is 2. The minimum absolute atomic E-state index is 0.245. The highest BCUT2D eigenvalue weighted by molar-refractivity contribution is 9.10. The normalized spacial score (nSPS) is 10.8. The fourth-order valence-corrected chi connectivity index (χ4v) is 2.60. The van der Waals surface area contributed by atoms with Gasteiger partial charge in [-0.1, -0.05) is 50.9 Å². The maximum absolute atomic E-state index is 14.1. The van der Waals surface area contributed by atoms with Gasteiger partial charge in [-0.25, -0.2) is 4.39 Å². The fraction of sp³-hybridized carbons (Fsp3) is 0.0625. The maximum atomic E-state index is 14.1. The van der Waals surface area contributed by atoms with E-state index in [9.17, 15) is 4.39 Å². The number of hydrogen-bond donors (Lipinski definition) is 1. The standard InChI is InChI=1S/C16H12BrFN2O/c1-9-3-2-4-10(7-9)14-15(21-20-16(14)19)12-8-11(17)5-6-13(12)18/h2-8H,1H3,(H2,19,20). The number of rotatable bonds is 2. The number of nitrogens with two attached hydrogens (primary N) is 1. The van der Waals surface area contributed by atoms with Crippen LogP contribution in [0, 0.1) is 12.7 Å². The van der Waals surface area contributed by atoms with Gasteiger partial charge < -0.3 is 10.3 Å². The van der Waals surface area contributed by atoms with E-state index in [-0.39, 0.29) is 11.6 Å². The van der Waals surface area contributed by atoms with Crippen molar-refractivity contribution in [1.29, 1.82) is 0 Å². The molecule has 2 aromatic carbocycles. The van der Waals surface area contributed by atoms with Gasteiger partial charge in [-0.2, -0.15) is 0 Å². The average molecular weight is 347 g/mol. The molecule has 0 unspecified atom stereocenters. The van der Waals surface area contributed by atoms with E-state index in [1.54, 1.807) is 12.1 Å². The summed E-state index contributed by atoms with van der Waals surface area (Å²) in [6, 6.07) is 12.4. The number of aromatic nitrogens is 1. The lowest BCUT2D eigenvalue weighted by Crippen LogP contribution is -1.90. The Morgan fingerprint density at radius 2 is 2.00 bits per heavy atom. The first-order valence-corrected chi connectivity index (χ1v) is 7.13. The van der Waals surface area contributed by atoms with Crippen LogP contribution in [-0.4, -0.2) is 5.16 Å². The lowest BCUT2D eigenvalue weighted by Gasteiger charge is -2.05. The lowest BCUT2D eigenvalue weighted by molar-refractivity contribution is 0.433. The molecule has 21 heavy (non-hydrogen) atoms. The van der Waals surface area contributed by atoms with Crippen LogP contribution >= 0.6 is 15.9 Å². The number of hydrogen-bond acceptors (Lipinski definition) is 3. The van der Waals surface area contributed by atoms with Crippen molar-refractivity contribution in [3.05, 3.63) is 58.3 Å². The molecule has 0 fully saturated rings. The zero-order valence-electron chi connectivity index (χ0n) is 11.2. The minimum atomic E-state index is -0.386. The zero-order chi connectivity index (χ0) is 15.0. The highest BCUT2D eigenvalue weighted by Crippen LogP contribution is 2.38. The second kappa shape index (κ2) is 5.33. The number of aryl methyl sites for hydroxylation is 1. The van der Waals surface area contributed by atoms with Gasteiger partial charge >= 0.3 is 0 Å². The summed E-state index contributed by atoms with van der Waals surface area (Å²) >= 11 is 3.33. The second-order valence-electron chi connectivity index (χ2n) is 4.77. The van der Waals surface area contributed by atoms with E-state index in [1.165, 1.54) is 6.07 Å². The molecule has 0 aliphatic rings. The molecule has 0 radical (unpaired) electrons. The summed E-state index contributed by atoms with van der Waals surface area (Å²) in [5, 5.41) is 3.79. The molecule has 3 nitrogen and oxygen atoms in total. The molecule has 0 saturated heterocycles. The number of anilines is 1. The van der Waals surface area contributed by atoms with Gasteiger partial charge in [0, 0.05) is 4.47 Å². The summed E-state index contributed by atoms with van der Waals surface area (Å²) < 4.78 is 20.1.